The first-order valence-electron chi connectivity index (χ1n) is 9.42. The smallest absolute Gasteiger partial charge is 0.331 e. The predicted molar refractivity (Wildman–Crippen MR) is 116 cm³/mol. The lowest BCUT2D eigenvalue weighted by molar-refractivity contribution is -0.132. The number of hydrogen-bond acceptors (Lipinski definition) is 4. The molecule has 0 atom stereocenters. The van der Waals surface area contributed by atoms with Crippen LogP contribution < -0.4 is 4.74 Å². The summed E-state index contributed by atoms with van der Waals surface area (Å²) in [5.74, 6) is 0.537. The van der Waals surface area contributed by atoms with Crippen LogP contribution in [0.5, 0.6) is 5.75 Å². The molecule has 152 valence electrons. The van der Waals surface area contributed by atoms with Crippen LogP contribution in [0.2, 0.25) is 0 Å². The molecule has 0 saturated carbocycles. The minimum Gasteiger partial charge on any atom is -0.497 e. The van der Waals surface area contributed by atoms with E-state index in [0.29, 0.717) is 11.1 Å². The maximum Gasteiger partial charge on any atom is 0.331 e. The lowest BCUT2D eigenvalue weighted by Gasteiger charge is -2.08. The summed E-state index contributed by atoms with van der Waals surface area (Å²) < 4.78 is 5.12. The number of carboxylic acid groups (broad SMARTS) is 1. The fourth-order valence-electron chi connectivity index (χ4n) is 2.19. The molecule has 2 aromatic carbocycles. The van der Waals surface area contributed by atoms with Crippen LogP contribution in [0.25, 0.3) is 11.1 Å². The minimum absolute atomic E-state index is 0.0488. The number of carboxylic acids is 1. The standard InChI is InChI=1S/C19H16N2O3.C5H12/c1-12(19(22)23)9-18(21)14-5-8-17(15(10-14)11-20)13-3-6-16(24-2)7-4-13;1-4-5(2)3/h3-10,21H,1-2H3,(H,22,23);5H,4H2,1-3H3/b12-9+,21-18?;. The van der Waals surface area contributed by atoms with Crippen molar-refractivity contribution in [3.8, 4) is 22.9 Å². The molecule has 0 fully saturated rings. The second kappa shape index (κ2) is 11.5. The second-order valence-corrected chi connectivity index (χ2v) is 6.95. The van der Waals surface area contributed by atoms with E-state index >= 15 is 0 Å². The summed E-state index contributed by atoms with van der Waals surface area (Å²) in [6.07, 6.45) is 2.58. The normalized spacial score (nSPS) is 10.6. The molecule has 0 amide bonds. The molecular weight excluding hydrogens is 364 g/mol. The van der Waals surface area contributed by atoms with Gasteiger partial charge in [-0.3, -0.25) is 0 Å². The summed E-state index contributed by atoms with van der Waals surface area (Å²) in [7, 11) is 1.59. The number of nitriles is 1. The number of nitrogens with zero attached hydrogens (tertiary/aromatic N) is 1. The van der Waals surface area contributed by atoms with E-state index in [2.05, 4.69) is 26.8 Å². The maximum absolute atomic E-state index is 10.9. The van der Waals surface area contributed by atoms with Crippen molar-refractivity contribution in [2.75, 3.05) is 7.11 Å². The topological polar surface area (TPSA) is 94.2 Å². The molecule has 0 radical (unpaired) electrons. The van der Waals surface area contributed by atoms with Gasteiger partial charge in [0.15, 0.2) is 0 Å². The zero-order chi connectivity index (χ0) is 22.0. The monoisotopic (exact) mass is 392 g/mol. The summed E-state index contributed by atoms with van der Waals surface area (Å²) in [6.45, 7) is 8.07. The first-order chi connectivity index (χ1) is 13.7. The number of nitrogens with one attached hydrogen (secondary N) is 1. The quantitative estimate of drug-likeness (QED) is 0.488. The van der Waals surface area contributed by atoms with E-state index in [-0.39, 0.29) is 11.3 Å². The van der Waals surface area contributed by atoms with Crippen molar-refractivity contribution in [2.45, 2.75) is 34.1 Å². The molecule has 2 rings (SSSR count). The van der Waals surface area contributed by atoms with Crippen molar-refractivity contribution < 1.29 is 14.6 Å². The Kier molecular flexibility index (Phi) is 9.34. The van der Waals surface area contributed by atoms with Gasteiger partial charge in [-0.05, 0) is 48.2 Å². The molecule has 0 saturated heterocycles. The highest BCUT2D eigenvalue weighted by Crippen LogP contribution is 2.26. The van der Waals surface area contributed by atoms with Gasteiger partial charge >= 0.3 is 5.97 Å². The number of ether oxygens (including phenoxy) is 1. The summed E-state index contributed by atoms with van der Waals surface area (Å²) in [5.41, 5.74) is 2.64. The Hall–Kier alpha value is -3.39. The van der Waals surface area contributed by atoms with Crippen LogP contribution in [0, 0.1) is 22.7 Å². The summed E-state index contributed by atoms with van der Waals surface area (Å²) >= 11 is 0. The molecular formula is C24H28N2O3. The van der Waals surface area contributed by atoms with Crippen molar-refractivity contribution >= 4 is 11.7 Å². The van der Waals surface area contributed by atoms with Crippen LogP contribution in [0.1, 0.15) is 45.2 Å². The van der Waals surface area contributed by atoms with Crippen molar-refractivity contribution in [2.24, 2.45) is 5.92 Å². The number of rotatable bonds is 6. The molecule has 2 N–H and O–H groups in total. The third kappa shape index (κ3) is 7.27. The minimum atomic E-state index is -1.07. The zero-order valence-electron chi connectivity index (χ0n) is 17.6. The van der Waals surface area contributed by atoms with Gasteiger partial charge in [-0.2, -0.15) is 5.26 Å². The van der Waals surface area contributed by atoms with E-state index in [1.807, 2.05) is 24.3 Å². The van der Waals surface area contributed by atoms with E-state index < -0.39 is 5.97 Å². The first kappa shape index (κ1) is 23.6. The van der Waals surface area contributed by atoms with Gasteiger partial charge in [0.25, 0.3) is 0 Å². The Balaban J connectivity index is 0.000000749. The fraction of sp³-hybridized carbons (Fsp3) is 0.292. The van der Waals surface area contributed by atoms with Gasteiger partial charge in [0.2, 0.25) is 0 Å². The van der Waals surface area contributed by atoms with E-state index in [4.69, 9.17) is 15.3 Å². The van der Waals surface area contributed by atoms with Crippen LogP contribution in [-0.4, -0.2) is 23.9 Å². The van der Waals surface area contributed by atoms with Gasteiger partial charge in [-0.25, -0.2) is 4.79 Å². The average Bonchev–Trinajstić information content (AvgIpc) is 2.73. The molecule has 29 heavy (non-hydrogen) atoms. The second-order valence-electron chi connectivity index (χ2n) is 6.95. The average molecular weight is 392 g/mol. The molecule has 5 nitrogen and oxygen atoms in total. The molecule has 0 bridgehead atoms. The van der Waals surface area contributed by atoms with E-state index in [0.717, 1.165) is 22.8 Å². The highest BCUT2D eigenvalue weighted by atomic mass is 16.5. The largest absolute Gasteiger partial charge is 0.497 e. The number of benzene rings is 2. The number of hydrogen-bond donors (Lipinski definition) is 2. The van der Waals surface area contributed by atoms with Crippen LogP contribution >= 0.6 is 0 Å². The Morgan fingerprint density at radius 2 is 1.83 bits per heavy atom. The summed E-state index contributed by atoms with van der Waals surface area (Å²) in [4.78, 5) is 10.9. The molecule has 0 unspecified atom stereocenters. The highest BCUT2D eigenvalue weighted by molar-refractivity contribution is 6.10. The third-order valence-corrected chi connectivity index (χ3v) is 4.37. The predicted octanol–water partition coefficient (Wildman–Crippen LogP) is 5.69. The zero-order valence-corrected chi connectivity index (χ0v) is 17.6. The molecule has 0 aliphatic rings. The van der Waals surface area contributed by atoms with Crippen molar-refractivity contribution in [3.05, 3.63) is 65.2 Å². The lowest BCUT2D eigenvalue weighted by atomic mass is 9.96. The van der Waals surface area contributed by atoms with E-state index in [1.54, 1.807) is 25.3 Å². The van der Waals surface area contributed by atoms with Crippen LogP contribution in [0.3, 0.4) is 0 Å². The van der Waals surface area contributed by atoms with Gasteiger partial charge in [0, 0.05) is 11.1 Å². The third-order valence-electron chi connectivity index (χ3n) is 4.37. The van der Waals surface area contributed by atoms with Crippen molar-refractivity contribution in [1.82, 2.24) is 0 Å². The van der Waals surface area contributed by atoms with Crippen molar-refractivity contribution in [3.63, 3.8) is 0 Å². The van der Waals surface area contributed by atoms with E-state index in [9.17, 15) is 10.1 Å². The molecule has 0 heterocycles. The van der Waals surface area contributed by atoms with Gasteiger partial charge in [0.05, 0.1) is 24.5 Å². The number of carbonyl (C=O) groups is 1. The fourth-order valence-corrected chi connectivity index (χ4v) is 2.19. The summed E-state index contributed by atoms with van der Waals surface area (Å²) in [6, 6.07) is 14.5. The first-order valence-corrected chi connectivity index (χ1v) is 9.42. The number of methoxy groups -OCH3 is 1. The lowest BCUT2D eigenvalue weighted by Crippen LogP contribution is -2.02. The molecule has 0 spiro atoms. The molecule has 0 aliphatic heterocycles. The SMILES string of the molecule is CCC(C)C.COc1ccc(-c2ccc(C(=N)/C=C(\C)C(=O)O)cc2C#N)cc1. The van der Waals surface area contributed by atoms with Crippen molar-refractivity contribution in [1.29, 1.82) is 10.7 Å². The van der Waals surface area contributed by atoms with Gasteiger partial charge in [0.1, 0.15) is 5.75 Å². The molecule has 0 aromatic heterocycles. The summed E-state index contributed by atoms with van der Waals surface area (Å²) in [5, 5.41) is 26.3. The molecule has 5 heteroatoms. The van der Waals surface area contributed by atoms with Crippen LogP contribution in [0.15, 0.2) is 54.1 Å². The Morgan fingerprint density at radius 1 is 1.24 bits per heavy atom. The Morgan fingerprint density at radius 3 is 2.28 bits per heavy atom. The molecule has 2 aromatic rings. The molecule has 0 aliphatic carbocycles. The highest BCUT2D eigenvalue weighted by Gasteiger charge is 2.09. The number of aliphatic carboxylic acids is 1. The van der Waals surface area contributed by atoms with Crippen LogP contribution in [-0.2, 0) is 4.79 Å². The Labute approximate surface area is 172 Å². The van der Waals surface area contributed by atoms with E-state index in [1.165, 1.54) is 19.4 Å². The maximum atomic E-state index is 10.9. The Bertz CT molecular complexity index is 920. The van der Waals surface area contributed by atoms with Gasteiger partial charge < -0.3 is 15.3 Å². The van der Waals surface area contributed by atoms with Gasteiger partial charge in [-0.1, -0.05) is 51.5 Å². The van der Waals surface area contributed by atoms with Crippen LogP contribution in [0.4, 0.5) is 0 Å². The number of allylic oxidation sites excluding steroid dienone is 1. The van der Waals surface area contributed by atoms with Gasteiger partial charge in [-0.15, -0.1) is 0 Å².